The molecule has 0 heterocycles. The Morgan fingerprint density at radius 1 is 0.905 bits per heavy atom. The molecule has 0 aromatic heterocycles. The summed E-state index contributed by atoms with van der Waals surface area (Å²) in [6.07, 6.45) is 1.81. The predicted octanol–water partition coefficient (Wildman–Crippen LogP) is 3.79. The number of phenols is 2. The van der Waals surface area contributed by atoms with E-state index in [1.165, 1.54) is 23.8 Å². The molecule has 0 saturated heterocycles. The monoisotopic (exact) mass is 286 g/mol. The smallest absolute Gasteiger partial charge is 0.119 e. The summed E-state index contributed by atoms with van der Waals surface area (Å²) in [4.78, 5) is 0. The minimum atomic E-state index is -0.666. The van der Waals surface area contributed by atoms with Crippen LogP contribution in [0.15, 0.2) is 48.5 Å². The highest BCUT2D eigenvalue weighted by atomic mass is 16.3. The molecule has 0 fully saturated rings. The van der Waals surface area contributed by atoms with Gasteiger partial charge in [-0.15, -0.1) is 0 Å². The van der Waals surface area contributed by atoms with Gasteiger partial charge in [-0.2, -0.15) is 0 Å². The zero-order valence-electron chi connectivity index (χ0n) is 12.2. The number of rotatable bonds is 6. The molecule has 2 aromatic carbocycles. The van der Waals surface area contributed by atoms with Crippen LogP contribution in [0, 0.1) is 5.92 Å². The van der Waals surface area contributed by atoms with Crippen molar-refractivity contribution in [3.05, 3.63) is 59.7 Å². The quantitative estimate of drug-likeness (QED) is 0.757. The number of hydrogen-bond donors (Lipinski definition) is 3. The molecule has 0 aliphatic carbocycles. The number of phenolic OH excluding ortho intramolecular Hbond substituents is 2. The van der Waals surface area contributed by atoms with E-state index in [1.807, 2.05) is 18.2 Å². The van der Waals surface area contributed by atoms with Crippen molar-refractivity contribution in [2.75, 3.05) is 0 Å². The summed E-state index contributed by atoms with van der Waals surface area (Å²) in [6, 6.07) is 14.5. The van der Waals surface area contributed by atoms with Crippen molar-refractivity contribution in [1.82, 2.24) is 0 Å². The molecule has 0 bridgehead atoms. The van der Waals surface area contributed by atoms with E-state index >= 15 is 0 Å². The summed E-state index contributed by atoms with van der Waals surface area (Å²) in [5.74, 6) is 0.413. The predicted molar refractivity (Wildman–Crippen MR) is 83.3 cm³/mol. The molecule has 0 unspecified atom stereocenters. The number of hydrogen-bond acceptors (Lipinski definition) is 3. The van der Waals surface area contributed by atoms with Crippen LogP contribution in [0.2, 0.25) is 0 Å². The lowest BCUT2D eigenvalue weighted by atomic mass is 9.93. The molecular weight excluding hydrogens is 264 g/mol. The summed E-state index contributed by atoms with van der Waals surface area (Å²) in [5, 5.41) is 29.0. The molecule has 0 radical (unpaired) electrons. The molecule has 3 heteroatoms. The Morgan fingerprint density at radius 3 is 2.14 bits per heavy atom. The van der Waals surface area contributed by atoms with E-state index in [-0.39, 0.29) is 11.5 Å². The average molecular weight is 286 g/mol. The second kappa shape index (κ2) is 7.14. The van der Waals surface area contributed by atoms with Crippen LogP contribution in [0.4, 0.5) is 0 Å². The topological polar surface area (TPSA) is 60.7 Å². The lowest BCUT2D eigenvalue weighted by Crippen LogP contribution is -2.04. The minimum absolute atomic E-state index is 0.0265. The van der Waals surface area contributed by atoms with Gasteiger partial charge in [0, 0.05) is 6.07 Å². The Hall–Kier alpha value is -2.00. The Labute approximate surface area is 125 Å². The van der Waals surface area contributed by atoms with Crippen molar-refractivity contribution in [2.24, 2.45) is 5.92 Å². The first kappa shape index (κ1) is 15.4. The zero-order valence-corrected chi connectivity index (χ0v) is 12.2. The molecule has 2 aromatic rings. The number of benzene rings is 2. The van der Waals surface area contributed by atoms with Gasteiger partial charge in [0.2, 0.25) is 0 Å². The van der Waals surface area contributed by atoms with Gasteiger partial charge < -0.3 is 15.3 Å². The van der Waals surface area contributed by atoms with E-state index in [0.29, 0.717) is 17.9 Å². The van der Waals surface area contributed by atoms with E-state index in [0.717, 1.165) is 12.8 Å². The summed E-state index contributed by atoms with van der Waals surface area (Å²) >= 11 is 0. The second-order valence-corrected chi connectivity index (χ2v) is 5.67. The van der Waals surface area contributed by atoms with E-state index in [9.17, 15) is 15.3 Å². The highest BCUT2D eigenvalue weighted by Crippen LogP contribution is 2.28. The van der Waals surface area contributed by atoms with E-state index in [4.69, 9.17) is 0 Å². The van der Waals surface area contributed by atoms with Gasteiger partial charge in [-0.05, 0) is 48.4 Å². The number of aromatic hydroxyl groups is 2. The van der Waals surface area contributed by atoms with Gasteiger partial charge in [0.1, 0.15) is 11.5 Å². The molecule has 21 heavy (non-hydrogen) atoms. The third kappa shape index (κ3) is 4.80. The highest BCUT2D eigenvalue weighted by molar-refractivity contribution is 5.37. The molecule has 0 aliphatic rings. The Balaban J connectivity index is 1.87. The van der Waals surface area contributed by atoms with Gasteiger partial charge in [-0.3, -0.25) is 0 Å². The van der Waals surface area contributed by atoms with Crippen LogP contribution < -0.4 is 0 Å². The van der Waals surface area contributed by atoms with Crippen molar-refractivity contribution in [2.45, 2.75) is 32.3 Å². The van der Waals surface area contributed by atoms with Gasteiger partial charge >= 0.3 is 0 Å². The lowest BCUT2D eigenvalue weighted by molar-refractivity contribution is 0.157. The maximum Gasteiger partial charge on any atom is 0.119 e. The normalized spacial score (nSPS) is 13.8. The summed E-state index contributed by atoms with van der Waals surface area (Å²) in [5.41, 5.74) is 1.86. The molecule has 2 atom stereocenters. The highest BCUT2D eigenvalue weighted by Gasteiger charge is 2.12. The average Bonchev–Trinajstić information content (AvgIpc) is 2.45. The SMILES string of the molecule is C[C@@H](CC[C@@H](O)c1cc(O)cc(O)c1)Cc1ccccc1. The van der Waals surface area contributed by atoms with Crippen molar-refractivity contribution in [3.8, 4) is 11.5 Å². The Bertz CT molecular complexity index is 546. The van der Waals surface area contributed by atoms with E-state index in [2.05, 4.69) is 19.1 Å². The first-order valence-corrected chi connectivity index (χ1v) is 7.29. The van der Waals surface area contributed by atoms with Crippen molar-refractivity contribution in [1.29, 1.82) is 0 Å². The fraction of sp³-hybridized carbons (Fsp3) is 0.333. The van der Waals surface area contributed by atoms with Gasteiger partial charge in [-0.1, -0.05) is 37.3 Å². The van der Waals surface area contributed by atoms with E-state index < -0.39 is 6.10 Å². The molecule has 0 saturated carbocycles. The second-order valence-electron chi connectivity index (χ2n) is 5.67. The van der Waals surface area contributed by atoms with Gasteiger partial charge in [-0.25, -0.2) is 0 Å². The van der Waals surface area contributed by atoms with Crippen LogP contribution in [-0.4, -0.2) is 15.3 Å². The van der Waals surface area contributed by atoms with Gasteiger partial charge in [0.15, 0.2) is 0 Å². The zero-order chi connectivity index (χ0) is 15.2. The maximum atomic E-state index is 10.2. The number of aliphatic hydroxyl groups excluding tert-OH is 1. The van der Waals surface area contributed by atoms with Crippen LogP contribution in [0.3, 0.4) is 0 Å². The molecule has 0 aliphatic heterocycles. The van der Waals surface area contributed by atoms with Crippen molar-refractivity contribution >= 4 is 0 Å². The van der Waals surface area contributed by atoms with Crippen LogP contribution in [-0.2, 0) is 6.42 Å². The van der Waals surface area contributed by atoms with E-state index in [1.54, 1.807) is 0 Å². The third-order valence-electron chi connectivity index (χ3n) is 3.67. The maximum absolute atomic E-state index is 10.2. The molecule has 112 valence electrons. The molecule has 3 N–H and O–H groups in total. The first-order valence-electron chi connectivity index (χ1n) is 7.29. The van der Waals surface area contributed by atoms with Crippen LogP contribution >= 0.6 is 0 Å². The summed E-state index contributed by atoms with van der Waals surface area (Å²) in [7, 11) is 0. The minimum Gasteiger partial charge on any atom is -0.508 e. The van der Waals surface area contributed by atoms with Crippen LogP contribution in [0.5, 0.6) is 11.5 Å². The van der Waals surface area contributed by atoms with Crippen molar-refractivity contribution < 1.29 is 15.3 Å². The van der Waals surface area contributed by atoms with Crippen LogP contribution in [0.25, 0.3) is 0 Å². The first-order chi connectivity index (χ1) is 10.0. The molecule has 0 spiro atoms. The largest absolute Gasteiger partial charge is 0.508 e. The molecule has 2 rings (SSSR count). The number of aliphatic hydroxyl groups is 1. The molecule has 0 amide bonds. The Morgan fingerprint density at radius 2 is 1.52 bits per heavy atom. The third-order valence-corrected chi connectivity index (χ3v) is 3.67. The molecule has 3 nitrogen and oxygen atoms in total. The van der Waals surface area contributed by atoms with Gasteiger partial charge in [0.25, 0.3) is 0 Å². The lowest BCUT2D eigenvalue weighted by Gasteiger charge is -2.16. The van der Waals surface area contributed by atoms with Crippen molar-refractivity contribution in [3.63, 3.8) is 0 Å². The fourth-order valence-corrected chi connectivity index (χ4v) is 2.54. The fourth-order valence-electron chi connectivity index (χ4n) is 2.54. The Kier molecular flexibility index (Phi) is 5.23. The standard InChI is InChI=1S/C18H22O3/c1-13(9-14-5-3-2-4-6-14)7-8-18(21)15-10-16(19)12-17(20)11-15/h2-6,10-13,18-21H,7-9H2,1H3/t13-,18+/m0/s1. The van der Waals surface area contributed by atoms with Gasteiger partial charge in [0.05, 0.1) is 6.10 Å². The summed E-state index contributed by atoms with van der Waals surface area (Å²) < 4.78 is 0. The summed E-state index contributed by atoms with van der Waals surface area (Å²) in [6.45, 7) is 2.17. The molecular formula is C18H22O3. The van der Waals surface area contributed by atoms with Crippen LogP contribution in [0.1, 0.15) is 37.0 Å².